The smallest absolute Gasteiger partial charge is 0.222 e. The van der Waals surface area contributed by atoms with E-state index in [1.54, 1.807) is 19.5 Å². The number of rotatable bonds is 5. The van der Waals surface area contributed by atoms with Crippen molar-refractivity contribution in [2.24, 2.45) is 0 Å². The van der Waals surface area contributed by atoms with Crippen LogP contribution in [0.1, 0.15) is 19.8 Å². The fourth-order valence-corrected chi connectivity index (χ4v) is 4.31. The van der Waals surface area contributed by atoms with E-state index in [9.17, 15) is 9.90 Å². The first-order chi connectivity index (χ1) is 16.5. The predicted octanol–water partition coefficient (Wildman–Crippen LogP) is 3.62. The number of carbonyl (C=O) groups excluding carboxylic acids is 1. The molecule has 34 heavy (non-hydrogen) atoms. The van der Waals surface area contributed by atoms with E-state index < -0.39 is 0 Å². The Hall–Kier alpha value is -3.98. The molecule has 1 amide bonds. The Morgan fingerprint density at radius 1 is 1.15 bits per heavy atom. The molecule has 1 fully saturated rings. The molecule has 3 N–H and O–H groups in total. The second-order valence-corrected chi connectivity index (χ2v) is 8.38. The van der Waals surface area contributed by atoms with Gasteiger partial charge in [-0.1, -0.05) is 0 Å². The van der Waals surface area contributed by atoms with Crippen molar-refractivity contribution < 1.29 is 14.6 Å². The van der Waals surface area contributed by atoms with E-state index in [4.69, 9.17) is 9.72 Å². The first-order valence-electron chi connectivity index (χ1n) is 11.2. The van der Waals surface area contributed by atoms with E-state index in [0.717, 1.165) is 65.2 Å². The van der Waals surface area contributed by atoms with E-state index >= 15 is 0 Å². The molecule has 1 aliphatic heterocycles. The standard InChI is InChI=1S/C25H26N6O3/c1-15(32)29-22-11-16(5-8-26-22)24-23(20-4-3-19(34-2)14-27-20)25-21(30-24)12-17(13-28-25)31-9-6-18(33)7-10-31/h3-5,8,11-14,18,30,33H,6-7,9-10H2,1-2H3,(H,26,29,32). The maximum Gasteiger partial charge on any atom is 0.222 e. The van der Waals surface area contributed by atoms with Crippen LogP contribution in [0.4, 0.5) is 11.5 Å². The van der Waals surface area contributed by atoms with Gasteiger partial charge in [0.25, 0.3) is 0 Å². The third-order valence-electron chi connectivity index (χ3n) is 6.03. The van der Waals surface area contributed by atoms with Gasteiger partial charge in [0.2, 0.25) is 5.91 Å². The largest absolute Gasteiger partial charge is 0.495 e. The summed E-state index contributed by atoms with van der Waals surface area (Å²) in [7, 11) is 1.61. The highest BCUT2D eigenvalue weighted by Crippen LogP contribution is 2.38. The number of piperidine rings is 1. The lowest BCUT2D eigenvalue weighted by Crippen LogP contribution is -2.35. The summed E-state index contributed by atoms with van der Waals surface area (Å²) in [6.45, 7) is 3.04. The summed E-state index contributed by atoms with van der Waals surface area (Å²) in [5, 5.41) is 12.6. The predicted molar refractivity (Wildman–Crippen MR) is 131 cm³/mol. The molecule has 9 nitrogen and oxygen atoms in total. The van der Waals surface area contributed by atoms with Crippen molar-refractivity contribution in [1.29, 1.82) is 0 Å². The molecule has 0 aromatic carbocycles. The number of fused-ring (bicyclic) bond motifs is 1. The van der Waals surface area contributed by atoms with Gasteiger partial charge in [0.05, 0.1) is 59.3 Å². The van der Waals surface area contributed by atoms with Crippen molar-refractivity contribution in [2.45, 2.75) is 25.9 Å². The molecule has 1 aliphatic rings. The van der Waals surface area contributed by atoms with E-state index in [2.05, 4.69) is 31.2 Å². The monoisotopic (exact) mass is 458 g/mol. The van der Waals surface area contributed by atoms with Gasteiger partial charge in [0.1, 0.15) is 11.6 Å². The van der Waals surface area contributed by atoms with Crippen LogP contribution in [0, 0.1) is 0 Å². The zero-order valence-electron chi connectivity index (χ0n) is 19.1. The zero-order valence-corrected chi connectivity index (χ0v) is 19.1. The van der Waals surface area contributed by atoms with Gasteiger partial charge in [-0.2, -0.15) is 0 Å². The van der Waals surface area contributed by atoms with Gasteiger partial charge in [-0.3, -0.25) is 14.8 Å². The Kier molecular flexibility index (Phi) is 5.85. The van der Waals surface area contributed by atoms with Gasteiger partial charge < -0.3 is 25.0 Å². The second-order valence-electron chi connectivity index (χ2n) is 8.38. The molecule has 0 radical (unpaired) electrons. The summed E-state index contributed by atoms with van der Waals surface area (Å²) in [4.78, 5) is 31.0. The number of ether oxygens (including phenoxy) is 1. The van der Waals surface area contributed by atoms with Crippen molar-refractivity contribution in [3.63, 3.8) is 0 Å². The summed E-state index contributed by atoms with van der Waals surface area (Å²) in [5.41, 5.74) is 5.98. The molecule has 5 rings (SSSR count). The number of aliphatic hydroxyl groups is 1. The number of aromatic nitrogens is 4. The van der Waals surface area contributed by atoms with Crippen LogP contribution in [-0.4, -0.2) is 57.3 Å². The Morgan fingerprint density at radius 3 is 2.68 bits per heavy atom. The fourth-order valence-electron chi connectivity index (χ4n) is 4.31. The van der Waals surface area contributed by atoms with Crippen LogP contribution in [0.2, 0.25) is 0 Å². The van der Waals surface area contributed by atoms with Crippen LogP contribution >= 0.6 is 0 Å². The van der Waals surface area contributed by atoms with Gasteiger partial charge in [-0.15, -0.1) is 0 Å². The topological polar surface area (TPSA) is 116 Å². The maximum absolute atomic E-state index is 11.5. The number of amides is 1. The summed E-state index contributed by atoms with van der Waals surface area (Å²) in [6.07, 6.45) is 6.48. The number of anilines is 2. The highest BCUT2D eigenvalue weighted by Gasteiger charge is 2.21. The molecule has 1 saturated heterocycles. The molecule has 0 bridgehead atoms. The lowest BCUT2D eigenvalue weighted by Gasteiger charge is -2.31. The second kappa shape index (κ2) is 9.11. The number of pyridine rings is 3. The fraction of sp³-hybridized carbons (Fsp3) is 0.280. The number of H-pyrrole nitrogens is 1. The van der Waals surface area contributed by atoms with Gasteiger partial charge >= 0.3 is 0 Å². The van der Waals surface area contributed by atoms with Crippen molar-refractivity contribution in [1.82, 2.24) is 19.9 Å². The van der Waals surface area contributed by atoms with E-state index in [1.165, 1.54) is 6.92 Å². The molecule has 0 atom stereocenters. The number of aromatic amines is 1. The van der Waals surface area contributed by atoms with E-state index in [1.807, 2.05) is 30.5 Å². The molecule has 0 unspecified atom stereocenters. The van der Waals surface area contributed by atoms with Crippen molar-refractivity contribution in [3.8, 4) is 28.3 Å². The summed E-state index contributed by atoms with van der Waals surface area (Å²) < 4.78 is 5.27. The third kappa shape index (κ3) is 4.29. The van der Waals surface area contributed by atoms with Crippen LogP contribution in [0.15, 0.2) is 48.9 Å². The molecule has 174 valence electrons. The van der Waals surface area contributed by atoms with Gasteiger partial charge in [0, 0.05) is 31.8 Å². The minimum absolute atomic E-state index is 0.184. The lowest BCUT2D eigenvalue weighted by molar-refractivity contribution is -0.114. The number of methoxy groups -OCH3 is 1. The summed E-state index contributed by atoms with van der Waals surface area (Å²) in [5.74, 6) is 0.957. The number of aliphatic hydroxyl groups excluding tert-OH is 1. The molecular weight excluding hydrogens is 432 g/mol. The van der Waals surface area contributed by atoms with Crippen LogP contribution in [0.5, 0.6) is 5.75 Å². The molecule has 9 heteroatoms. The zero-order chi connectivity index (χ0) is 23.7. The van der Waals surface area contributed by atoms with Gasteiger partial charge in [-0.05, 0) is 43.2 Å². The number of nitrogens with one attached hydrogen (secondary N) is 2. The van der Waals surface area contributed by atoms with Crippen LogP contribution in [0.3, 0.4) is 0 Å². The summed E-state index contributed by atoms with van der Waals surface area (Å²) in [6, 6.07) is 9.57. The Bertz CT molecular complexity index is 1330. The number of hydrogen-bond donors (Lipinski definition) is 3. The molecule has 5 heterocycles. The van der Waals surface area contributed by atoms with Crippen molar-refractivity contribution in [2.75, 3.05) is 30.4 Å². The number of nitrogens with zero attached hydrogens (tertiary/aromatic N) is 4. The van der Waals surface area contributed by atoms with Crippen LogP contribution in [-0.2, 0) is 4.79 Å². The maximum atomic E-state index is 11.5. The SMILES string of the molecule is COc1ccc(-c2c(-c3ccnc(NC(C)=O)c3)[nH]c3cc(N4CCC(O)CC4)cnc23)nc1. The Labute approximate surface area is 196 Å². The molecule has 4 aromatic rings. The average Bonchev–Trinajstić information content (AvgIpc) is 3.23. The average molecular weight is 459 g/mol. The minimum Gasteiger partial charge on any atom is -0.495 e. The van der Waals surface area contributed by atoms with Crippen LogP contribution in [0.25, 0.3) is 33.5 Å². The molecule has 0 spiro atoms. The first-order valence-corrected chi connectivity index (χ1v) is 11.2. The highest BCUT2D eigenvalue weighted by molar-refractivity contribution is 6.02. The third-order valence-corrected chi connectivity index (χ3v) is 6.03. The van der Waals surface area contributed by atoms with E-state index in [-0.39, 0.29) is 12.0 Å². The molecule has 0 saturated carbocycles. The lowest BCUT2D eigenvalue weighted by atomic mass is 10.0. The molecular formula is C25H26N6O3. The Morgan fingerprint density at radius 2 is 1.97 bits per heavy atom. The number of hydrogen-bond acceptors (Lipinski definition) is 7. The van der Waals surface area contributed by atoms with Crippen LogP contribution < -0.4 is 15.0 Å². The first kappa shape index (κ1) is 21.8. The van der Waals surface area contributed by atoms with E-state index in [0.29, 0.717) is 11.6 Å². The van der Waals surface area contributed by atoms with Crippen molar-refractivity contribution in [3.05, 3.63) is 48.9 Å². The molecule has 0 aliphatic carbocycles. The van der Waals surface area contributed by atoms with Crippen molar-refractivity contribution >= 4 is 28.4 Å². The van der Waals surface area contributed by atoms with Gasteiger partial charge in [0.15, 0.2) is 0 Å². The molecule has 4 aromatic heterocycles. The number of carbonyl (C=O) groups is 1. The van der Waals surface area contributed by atoms with Gasteiger partial charge in [-0.25, -0.2) is 4.98 Å². The normalized spacial score (nSPS) is 14.4. The Balaban J connectivity index is 1.64. The quantitative estimate of drug-likeness (QED) is 0.418. The summed E-state index contributed by atoms with van der Waals surface area (Å²) >= 11 is 0. The minimum atomic E-state index is -0.234. The highest BCUT2D eigenvalue weighted by atomic mass is 16.5.